The summed E-state index contributed by atoms with van der Waals surface area (Å²) in [4.78, 5) is 0. The first kappa shape index (κ1) is 18.8. The van der Waals surface area contributed by atoms with Gasteiger partial charge in [0.1, 0.15) is 0 Å². The Labute approximate surface area is 179 Å². The lowest BCUT2D eigenvalue weighted by atomic mass is 9.82. The highest BCUT2D eigenvalue weighted by molar-refractivity contribution is 5.73. The van der Waals surface area contributed by atoms with Crippen molar-refractivity contribution in [3.63, 3.8) is 0 Å². The monoisotopic (exact) mass is 390 g/mol. The van der Waals surface area contributed by atoms with Crippen molar-refractivity contribution in [2.24, 2.45) is 0 Å². The molecule has 1 aliphatic rings. The van der Waals surface area contributed by atoms with Crippen LogP contribution in [0.25, 0.3) is 22.4 Å². The molecule has 0 radical (unpaired) electrons. The van der Waals surface area contributed by atoms with Crippen molar-refractivity contribution >= 4 is 0 Å². The zero-order chi connectivity index (χ0) is 20.3. The molecule has 1 nitrogen and oxygen atoms in total. The summed E-state index contributed by atoms with van der Waals surface area (Å²) >= 11 is 0. The number of aromatic nitrogens is 1. The van der Waals surface area contributed by atoms with E-state index in [-0.39, 0.29) is 0 Å². The molecule has 0 spiro atoms. The maximum Gasteiger partial charge on any atom is 0.213 e. The summed E-state index contributed by atoms with van der Waals surface area (Å²) in [6, 6.07) is 35.1. The zero-order valence-corrected chi connectivity index (χ0v) is 17.6. The van der Waals surface area contributed by atoms with Crippen LogP contribution < -0.4 is 4.57 Å². The number of benzene rings is 3. The third-order valence-corrected chi connectivity index (χ3v) is 6.37. The van der Waals surface area contributed by atoms with Crippen molar-refractivity contribution in [3.8, 4) is 22.4 Å². The van der Waals surface area contributed by atoms with Crippen LogP contribution in [0.1, 0.15) is 42.5 Å². The Kier molecular flexibility index (Phi) is 5.19. The van der Waals surface area contributed by atoms with E-state index in [4.69, 9.17) is 0 Å². The molecule has 1 unspecified atom stereocenters. The van der Waals surface area contributed by atoms with Gasteiger partial charge >= 0.3 is 0 Å². The second-order valence-corrected chi connectivity index (χ2v) is 8.40. The fraction of sp³-hybridized carbons (Fsp3) is 0.207. The van der Waals surface area contributed by atoms with Gasteiger partial charge in [-0.1, -0.05) is 85.8 Å². The maximum absolute atomic E-state index is 2.59. The number of nitrogens with zero attached hydrogens (tertiary/aromatic N) is 1. The summed E-state index contributed by atoms with van der Waals surface area (Å²) in [5.41, 5.74) is 9.73. The highest BCUT2D eigenvalue weighted by Crippen LogP contribution is 2.37. The van der Waals surface area contributed by atoms with Crippen molar-refractivity contribution in [2.75, 3.05) is 0 Å². The Morgan fingerprint density at radius 1 is 0.767 bits per heavy atom. The summed E-state index contributed by atoms with van der Waals surface area (Å²) < 4.78 is 2.59. The quantitative estimate of drug-likeness (QED) is 0.338. The Balaban J connectivity index is 1.80. The molecule has 5 rings (SSSR count). The van der Waals surface area contributed by atoms with Crippen LogP contribution >= 0.6 is 0 Å². The van der Waals surface area contributed by atoms with Gasteiger partial charge in [0.15, 0.2) is 12.2 Å². The van der Waals surface area contributed by atoms with E-state index in [9.17, 15) is 0 Å². The highest BCUT2D eigenvalue weighted by Gasteiger charge is 2.32. The number of rotatable bonds is 4. The fourth-order valence-electron chi connectivity index (χ4n) is 4.94. The molecule has 148 valence electrons. The molecule has 1 aromatic heterocycles. The second-order valence-electron chi connectivity index (χ2n) is 8.40. The first-order chi connectivity index (χ1) is 14.8. The third-order valence-electron chi connectivity index (χ3n) is 6.37. The van der Waals surface area contributed by atoms with Gasteiger partial charge in [-0.25, -0.2) is 0 Å². The summed E-state index contributed by atoms with van der Waals surface area (Å²) in [5.74, 6) is 0.559. The Morgan fingerprint density at radius 2 is 1.37 bits per heavy atom. The van der Waals surface area contributed by atoms with E-state index >= 15 is 0 Å². The van der Waals surface area contributed by atoms with Crippen LogP contribution in [0.5, 0.6) is 0 Å². The Morgan fingerprint density at radius 3 is 2.03 bits per heavy atom. The lowest BCUT2D eigenvalue weighted by Gasteiger charge is -2.25. The minimum atomic E-state index is 0.559. The van der Waals surface area contributed by atoms with Gasteiger partial charge in [-0.3, -0.25) is 0 Å². The first-order valence-electron chi connectivity index (χ1n) is 11.1. The van der Waals surface area contributed by atoms with Gasteiger partial charge in [0.2, 0.25) is 5.69 Å². The van der Waals surface area contributed by atoms with Crippen LogP contribution in [-0.4, -0.2) is 0 Å². The average Bonchev–Trinajstić information content (AvgIpc) is 2.81. The molecule has 0 amide bonds. The van der Waals surface area contributed by atoms with Gasteiger partial charge in [-0.15, -0.1) is 0 Å². The van der Waals surface area contributed by atoms with Crippen molar-refractivity contribution in [3.05, 3.63) is 114 Å². The van der Waals surface area contributed by atoms with Crippen molar-refractivity contribution in [2.45, 2.75) is 38.6 Å². The van der Waals surface area contributed by atoms with Crippen LogP contribution in [0.4, 0.5) is 0 Å². The van der Waals surface area contributed by atoms with Gasteiger partial charge < -0.3 is 0 Å². The molecule has 0 N–H and O–H groups in total. The smallest absolute Gasteiger partial charge is 0.191 e. The van der Waals surface area contributed by atoms with Gasteiger partial charge in [0, 0.05) is 28.7 Å². The Bertz CT molecular complexity index is 1130. The maximum atomic E-state index is 2.59. The summed E-state index contributed by atoms with van der Waals surface area (Å²) in [6.45, 7) is 3.32. The van der Waals surface area contributed by atoms with E-state index in [0.29, 0.717) is 5.92 Å². The van der Waals surface area contributed by atoms with Crippen LogP contribution in [0.3, 0.4) is 0 Å². The SMILES string of the molecule is CC1CCCc2c(-c3ccccc3)cc(-c3ccccc3)[n+](Cc3ccccc3)c21. The molecule has 1 heterocycles. The average molecular weight is 391 g/mol. The number of fused-ring (bicyclic) bond motifs is 1. The summed E-state index contributed by atoms with van der Waals surface area (Å²) in [5, 5.41) is 0. The van der Waals surface area contributed by atoms with E-state index in [1.807, 2.05) is 0 Å². The largest absolute Gasteiger partial charge is 0.213 e. The normalized spacial score (nSPS) is 15.6. The number of hydrogen-bond acceptors (Lipinski definition) is 0. The lowest BCUT2D eigenvalue weighted by Crippen LogP contribution is -2.44. The molecule has 3 aromatic carbocycles. The van der Waals surface area contributed by atoms with E-state index in [2.05, 4.69) is 109 Å². The molecule has 4 aromatic rings. The molecule has 1 atom stereocenters. The fourth-order valence-corrected chi connectivity index (χ4v) is 4.94. The topological polar surface area (TPSA) is 3.88 Å². The van der Waals surface area contributed by atoms with Gasteiger partial charge in [-0.05, 0) is 42.5 Å². The molecular formula is C29H28N+. The van der Waals surface area contributed by atoms with Gasteiger partial charge in [0.25, 0.3) is 0 Å². The molecule has 1 aliphatic carbocycles. The molecule has 30 heavy (non-hydrogen) atoms. The highest BCUT2D eigenvalue weighted by atomic mass is 15.0. The van der Waals surface area contributed by atoms with E-state index in [1.165, 1.54) is 52.0 Å². The molecule has 0 aliphatic heterocycles. The van der Waals surface area contributed by atoms with Crippen LogP contribution in [-0.2, 0) is 13.0 Å². The molecule has 0 saturated heterocycles. The van der Waals surface area contributed by atoms with E-state index in [1.54, 1.807) is 0 Å². The summed E-state index contributed by atoms with van der Waals surface area (Å²) in [7, 11) is 0. The lowest BCUT2D eigenvalue weighted by molar-refractivity contribution is -0.686. The van der Waals surface area contributed by atoms with Crippen molar-refractivity contribution < 1.29 is 4.57 Å². The van der Waals surface area contributed by atoms with E-state index in [0.717, 1.165) is 13.0 Å². The van der Waals surface area contributed by atoms with Crippen LogP contribution in [0.15, 0.2) is 97.1 Å². The number of pyridine rings is 1. The summed E-state index contributed by atoms with van der Waals surface area (Å²) in [6.07, 6.45) is 3.69. The molecule has 1 heteroatoms. The van der Waals surface area contributed by atoms with Gasteiger partial charge in [0.05, 0.1) is 0 Å². The van der Waals surface area contributed by atoms with E-state index < -0.39 is 0 Å². The molecule has 0 fully saturated rings. The Hall–Kier alpha value is -3.19. The molecule has 0 bridgehead atoms. The van der Waals surface area contributed by atoms with Crippen molar-refractivity contribution in [1.29, 1.82) is 0 Å². The zero-order valence-electron chi connectivity index (χ0n) is 17.6. The predicted octanol–water partition coefficient (Wildman–Crippen LogP) is 6.80. The molecule has 0 saturated carbocycles. The second kappa shape index (κ2) is 8.28. The van der Waals surface area contributed by atoms with Gasteiger partial charge in [-0.2, -0.15) is 4.57 Å². The van der Waals surface area contributed by atoms with Crippen molar-refractivity contribution in [1.82, 2.24) is 0 Å². The first-order valence-corrected chi connectivity index (χ1v) is 11.1. The minimum Gasteiger partial charge on any atom is -0.191 e. The molecular weight excluding hydrogens is 362 g/mol. The van der Waals surface area contributed by atoms with Crippen LogP contribution in [0, 0.1) is 0 Å². The predicted molar refractivity (Wildman–Crippen MR) is 124 cm³/mol. The third kappa shape index (κ3) is 3.57. The number of hydrogen-bond donors (Lipinski definition) is 0. The van der Waals surface area contributed by atoms with Crippen LogP contribution in [0.2, 0.25) is 0 Å². The standard InChI is InChI=1S/C29H28N/c1-22-12-11-19-26-27(24-15-7-3-8-16-24)20-28(25-17-9-4-10-18-25)30(29(22)26)21-23-13-5-2-6-14-23/h2-10,13-18,20,22H,11-12,19,21H2,1H3/q+1. The minimum absolute atomic E-state index is 0.559.